The number of aryl methyl sites for hydroxylation is 2. The molecule has 2 aliphatic heterocycles. The van der Waals surface area contributed by atoms with Crippen molar-refractivity contribution in [2.75, 3.05) is 13.1 Å². The van der Waals surface area contributed by atoms with E-state index in [1.807, 2.05) is 66.4 Å². The highest BCUT2D eigenvalue weighted by Crippen LogP contribution is 2.33. The summed E-state index contributed by atoms with van der Waals surface area (Å²) in [6.07, 6.45) is 3.30. The Bertz CT molecular complexity index is 956. The van der Waals surface area contributed by atoms with Crippen LogP contribution in [0, 0.1) is 6.92 Å². The molecule has 2 heterocycles. The molecule has 0 aromatic heterocycles. The number of carbonyl (C=O) groups is 2. The molecule has 0 radical (unpaired) electrons. The monoisotopic (exact) mass is 419 g/mol. The molecule has 31 heavy (non-hydrogen) atoms. The van der Waals surface area contributed by atoms with Crippen LogP contribution in [0.4, 0.5) is 0 Å². The van der Waals surface area contributed by atoms with Gasteiger partial charge in [-0.05, 0) is 37.3 Å². The van der Waals surface area contributed by atoms with Crippen molar-refractivity contribution in [2.45, 2.75) is 51.2 Å². The van der Waals surface area contributed by atoms with Crippen LogP contribution in [0.25, 0.3) is 0 Å². The van der Waals surface area contributed by atoms with E-state index in [-0.39, 0.29) is 11.8 Å². The second-order valence-electron chi connectivity index (χ2n) is 8.56. The highest BCUT2D eigenvalue weighted by atomic mass is 16.7. The molecule has 1 saturated heterocycles. The van der Waals surface area contributed by atoms with Gasteiger partial charge < -0.3 is 15.1 Å². The summed E-state index contributed by atoms with van der Waals surface area (Å²) in [4.78, 5) is 33.0. The van der Waals surface area contributed by atoms with E-state index in [0.717, 1.165) is 36.9 Å². The third-order valence-electron chi connectivity index (χ3n) is 6.04. The second-order valence-corrected chi connectivity index (χ2v) is 8.56. The zero-order chi connectivity index (χ0) is 21.7. The standard InChI is InChI=1S/C25H29N3O3/c1-19-8-10-21(11-9-19)17-26-24(30)22-16-25(31-27-22)14-5-15-28(18-25)23(29)13-12-20-6-3-2-4-7-20/h2-4,6-11H,5,12-18H2,1H3,(H,26,30)/t25-/m1/s1. The van der Waals surface area contributed by atoms with Crippen LogP contribution in [0.3, 0.4) is 0 Å². The van der Waals surface area contributed by atoms with Gasteiger partial charge in [-0.1, -0.05) is 65.3 Å². The highest BCUT2D eigenvalue weighted by molar-refractivity contribution is 6.39. The molecule has 0 saturated carbocycles. The summed E-state index contributed by atoms with van der Waals surface area (Å²) in [5.41, 5.74) is 3.23. The largest absolute Gasteiger partial charge is 0.386 e. The van der Waals surface area contributed by atoms with Crippen LogP contribution < -0.4 is 5.32 Å². The van der Waals surface area contributed by atoms with E-state index in [9.17, 15) is 9.59 Å². The Morgan fingerprint density at radius 2 is 1.87 bits per heavy atom. The minimum Gasteiger partial charge on any atom is -0.386 e. The first-order valence-corrected chi connectivity index (χ1v) is 10.9. The number of piperidine rings is 1. The molecule has 1 spiro atoms. The van der Waals surface area contributed by atoms with E-state index in [0.29, 0.717) is 31.6 Å². The normalized spacial score (nSPS) is 20.3. The lowest BCUT2D eigenvalue weighted by Gasteiger charge is -2.38. The van der Waals surface area contributed by atoms with Crippen LogP contribution in [0.15, 0.2) is 59.8 Å². The molecular weight excluding hydrogens is 390 g/mol. The Morgan fingerprint density at radius 3 is 2.65 bits per heavy atom. The molecule has 1 atom stereocenters. The van der Waals surface area contributed by atoms with Gasteiger partial charge in [0.25, 0.3) is 5.91 Å². The smallest absolute Gasteiger partial charge is 0.269 e. The fourth-order valence-electron chi connectivity index (χ4n) is 4.22. The SMILES string of the molecule is Cc1ccc(CNC(=O)C2=NO[C@]3(CCCN(C(=O)CCc4ccccc4)C3)C2)cc1. The van der Waals surface area contributed by atoms with E-state index >= 15 is 0 Å². The zero-order valence-electron chi connectivity index (χ0n) is 18.0. The van der Waals surface area contributed by atoms with Gasteiger partial charge in [-0.3, -0.25) is 9.59 Å². The highest BCUT2D eigenvalue weighted by Gasteiger charge is 2.45. The fourth-order valence-corrected chi connectivity index (χ4v) is 4.22. The molecule has 1 fully saturated rings. The second kappa shape index (κ2) is 9.33. The van der Waals surface area contributed by atoms with E-state index in [1.165, 1.54) is 5.56 Å². The number of likely N-dealkylation sites (tertiary alicyclic amines) is 1. The summed E-state index contributed by atoms with van der Waals surface area (Å²) in [6.45, 7) is 3.70. The average Bonchev–Trinajstić information content (AvgIpc) is 3.20. The van der Waals surface area contributed by atoms with Crippen molar-refractivity contribution in [3.63, 3.8) is 0 Å². The van der Waals surface area contributed by atoms with Crippen LogP contribution in [-0.2, 0) is 27.4 Å². The molecule has 0 aliphatic carbocycles. The third-order valence-corrected chi connectivity index (χ3v) is 6.04. The van der Waals surface area contributed by atoms with Crippen LogP contribution in [-0.4, -0.2) is 41.1 Å². The number of oxime groups is 1. The average molecular weight is 420 g/mol. The molecule has 6 nitrogen and oxygen atoms in total. The number of benzene rings is 2. The maximum absolute atomic E-state index is 12.8. The van der Waals surface area contributed by atoms with Crippen molar-refractivity contribution < 1.29 is 14.4 Å². The molecule has 6 heteroatoms. The van der Waals surface area contributed by atoms with Gasteiger partial charge in [-0.2, -0.15) is 0 Å². The maximum Gasteiger partial charge on any atom is 0.269 e. The molecule has 162 valence electrons. The molecule has 4 rings (SSSR count). The van der Waals surface area contributed by atoms with Gasteiger partial charge in [0.1, 0.15) is 5.71 Å². The lowest BCUT2D eigenvalue weighted by atomic mass is 9.87. The predicted molar refractivity (Wildman–Crippen MR) is 119 cm³/mol. The van der Waals surface area contributed by atoms with E-state index in [2.05, 4.69) is 10.5 Å². The van der Waals surface area contributed by atoms with Crippen molar-refractivity contribution in [1.82, 2.24) is 10.2 Å². The van der Waals surface area contributed by atoms with Crippen LogP contribution in [0.2, 0.25) is 0 Å². The zero-order valence-corrected chi connectivity index (χ0v) is 18.0. The van der Waals surface area contributed by atoms with Gasteiger partial charge in [-0.25, -0.2) is 0 Å². The molecule has 2 aromatic rings. The van der Waals surface area contributed by atoms with Gasteiger partial charge in [-0.15, -0.1) is 0 Å². The van der Waals surface area contributed by atoms with Crippen molar-refractivity contribution in [3.8, 4) is 0 Å². The summed E-state index contributed by atoms with van der Waals surface area (Å²) in [5, 5.41) is 7.02. The summed E-state index contributed by atoms with van der Waals surface area (Å²) in [5.74, 6) is -0.0752. The topological polar surface area (TPSA) is 71.0 Å². The first-order valence-electron chi connectivity index (χ1n) is 10.9. The van der Waals surface area contributed by atoms with Crippen LogP contribution in [0.1, 0.15) is 42.4 Å². The van der Waals surface area contributed by atoms with Gasteiger partial charge in [0.2, 0.25) is 5.91 Å². The molecule has 0 unspecified atom stereocenters. The quantitative estimate of drug-likeness (QED) is 0.780. The molecule has 0 bridgehead atoms. The Kier molecular flexibility index (Phi) is 6.35. The Hall–Kier alpha value is -3.15. The minimum atomic E-state index is -0.572. The van der Waals surface area contributed by atoms with E-state index in [4.69, 9.17) is 4.84 Å². The number of nitrogens with one attached hydrogen (secondary N) is 1. The number of hydrogen-bond donors (Lipinski definition) is 1. The van der Waals surface area contributed by atoms with Gasteiger partial charge in [0.05, 0.1) is 6.54 Å². The van der Waals surface area contributed by atoms with Crippen molar-refractivity contribution >= 4 is 17.5 Å². The number of carbonyl (C=O) groups excluding carboxylic acids is 2. The van der Waals surface area contributed by atoms with E-state index in [1.54, 1.807) is 0 Å². The third kappa shape index (κ3) is 5.32. The fraction of sp³-hybridized carbons (Fsp3) is 0.400. The van der Waals surface area contributed by atoms with Crippen LogP contribution >= 0.6 is 0 Å². The number of rotatable bonds is 6. The first kappa shape index (κ1) is 21.1. The number of amides is 2. The van der Waals surface area contributed by atoms with Gasteiger partial charge >= 0.3 is 0 Å². The summed E-state index contributed by atoms with van der Waals surface area (Å²) in [7, 11) is 0. The van der Waals surface area contributed by atoms with Gasteiger partial charge in [0.15, 0.2) is 5.60 Å². The molecule has 2 aliphatic rings. The number of hydrogen-bond acceptors (Lipinski definition) is 4. The van der Waals surface area contributed by atoms with E-state index < -0.39 is 5.60 Å². The summed E-state index contributed by atoms with van der Waals surface area (Å²) < 4.78 is 0. The lowest BCUT2D eigenvalue weighted by Crippen LogP contribution is -2.51. The van der Waals surface area contributed by atoms with Crippen LogP contribution in [0.5, 0.6) is 0 Å². The Balaban J connectivity index is 1.28. The molecule has 1 N–H and O–H groups in total. The Labute approximate surface area is 183 Å². The molecule has 2 aromatic carbocycles. The maximum atomic E-state index is 12.8. The summed E-state index contributed by atoms with van der Waals surface area (Å²) in [6, 6.07) is 18.1. The van der Waals surface area contributed by atoms with Crippen molar-refractivity contribution in [2.24, 2.45) is 5.16 Å². The summed E-state index contributed by atoms with van der Waals surface area (Å²) >= 11 is 0. The molecular formula is C25H29N3O3. The predicted octanol–water partition coefficient (Wildman–Crippen LogP) is 3.38. The lowest BCUT2D eigenvalue weighted by molar-refractivity contribution is -0.140. The minimum absolute atomic E-state index is 0.129. The molecule has 2 amide bonds. The number of nitrogens with zero attached hydrogens (tertiary/aromatic N) is 2. The Morgan fingerprint density at radius 1 is 1.10 bits per heavy atom. The first-order chi connectivity index (χ1) is 15.0. The van der Waals surface area contributed by atoms with Crippen molar-refractivity contribution in [3.05, 3.63) is 71.3 Å². The van der Waals surface area contributed by atoms with Crippen molar-refractivity contribution in [1.29, 1.82) is 0 Å². The van der Waals surface area contributed by atoms with Gasteiger partial charge in [0, 0.05) is 25.9 Å².